The van der Waals surface area contributed by atoms with Crippen LogP contribution in [0.4, 0.5) is 10.2 Å². The minimum Gasteiger partial charge on any atom is -0.378 e. The first kappa shape index (κ1) is 19.3. The second-order valence-corrected chi connectivity index (χ2v) is 7.01. The fourth-order valence-electron chi connectivity index (χ4n) is 2.77. The molecule has 1 aliphatic heterocycles. The normalized spacial score (nSPS) is 15.0. The monoisotopic (exact) mass is 381 g/mol. The van der Waals surface area contributed by atoms with Crippen LogP contribution in [-0.2, 0) is 21.5 Å². The molecule has 3 rings (SSSR count). The van der Waals surface area contributed by atoms with Crippen LogP contribution in [0.3, 0.4) is 0 Å². The molecule has 0 fully saturated rings. The molecule has 2 heterocycles. The lowest BCUT2D eigenvalue weighted by atomic mass is 9.88. The Bertz CT molecular complexity index is 1010. The van der Waals surface area contributed by atoms with E-state index in [1.807, 2.05) is 0 Å². The molecule has 1 aromatic carbocycles. The Morgan fingerprint density at radius 3 is 2.75 bits per heavy atom. The molecule has 144 valence electrons. The van der Waals surface area contributed by atoms with Gasteiger partial charge < -0.3 is 10.6 Å². The van der Waals surface area contributed by atoms with E-state index in [2.05, 4.69) is 20.6 Å². The summed E-state index contributed by atoms with van der Waals surface area (Å²) in [7, 11) is 0. The number of nitrogens with one attached hydrogen (secondary N) is 3. The lowest BCUT2D eigenvalue weighted by Crippen LogP contribution is -2.26. The Labute approximate surface area is 161 Å². The number of carbonyl (C=O) groups is 2. The van der Waals surface area contributed by atoms with E-state index in [4.69, 9.17) is 5.41 Å². The number of hydrogen-bond acceptors (Lipinski definition) is 6. The lowest BCUT2D eigenvalue weighted by Gasteiger charge is -2.13. The third-order valence-electron chi connectivity index (χ3n) is 4.60. The maximum absolute atomic E-state index is 13.7. The highest BCUT2D eigenvalue weighted by atomic mass is 19.1. The van der Waals surface area contributed by atoms with Gasteiger partial charge in [0.2, 0.25) is 5.91 Å². The number of hydrogen-bond donors (Lipinski definition) is 3. The predicted molar refractivity (Wildman–Crippen MR) is 103 cm³/mol. The molecule has 0 spiro atoms. The first-order valence-corrected chi connectivity index (χ1v) is 8.68. The summed E-state index contributed by atoms with van der Waals surface area (Å²) < 4.78 is 13.7. The van der Waals surface area contributed by atoms with Crippen LogP contribution in [-0.4, -0.2) is 27.4 Å². The van der Waals surface area contributed by atoms with Crippen molar-refractivity contribution in [2.75, 3.05) is 5.32 Å². The van der Waals surface area contributed by atoms with Crippen LogP contribution in [0.5, 0.6) is 0 Å². The first-order chi connectivity index (χ1) is 13.2. The topological polar surface area (TPSA) is 108 Å². The van der Waals surface area contributed by atoms with E-state index >= 15 is 0 Å². The maximum atomic E-state index is 13.7. The van der Waals surface area contributed by atoms with Crippen molar-refractivity contribution in [3.63, 3.8) is 0 Å². The molecule has 1 aromatic heterocycles. The Balaban J connectivity index is 1.81. The Morgan fingerprint density at radius 1 is 1.36 bits per heavy atom. The number of rotatable bonds is 6. The average molecular weight is 381 g/mol. The summed E-state index contributed by atoms with van der Waals surface area (Å²) in [6, 6.07) is 6.23. The summed E-state index contributed by atoms with van der Waals surface area (Å²) in [6.07, 6.45) is 2.81. The van der Waals surface area contributed by atoms with E-state index in [0.29, 0.717) is 16.9 Å². The number of nitrogens with zero attached hydrogens (tertiary/aromatic N) is 2. The summed E-state index contributed by atoms with van der Waals surface area (Å²) in [5, 5.41) is 13.7. The van der Waals surface area contributed by atoms with Crippen molar-refractivity contribution in [3.8, 4) is 0 Å². The molecule has 0 unspecified atom stereocenters. The van der Waals surface area contributed by atoms with Gasteiger partial charge in [0, 0.05) is 30.8 Å². The van der Waals surface area contributed by atoms with Crippen molar-refractivity contribution in [2.24, 2.45) is 0 Å². The van der Waals surface area contributed by atoms with Gasteiger partial charge in [0.15, 0.2) is 11.6 Å². The molecule has 0 radical (unpaired) electrons. The van der Waals surface area contributed by atoms with E-state index in [-0.39, 0.29) is 41.3 Å². The van der Waals surface area contributed by atoms with Gasteiger partial charge in [-0.25, -0.2) is 14.4 Å². The molecule has 0 saturated carbocycles. The van der Waals surface area contributed by atoms with Crippen molar-refractivity contribution in [2.45, 2.75) is 32.7 Å². The van der Waals surface area contributed by atoms with Crippen LogP contribution in [0.2, 0.25) is 0 Å². The molecule has 1 amide bonds. The van der Waals surface area contributed by atoms with E-state index in [9.17, 15) is 14.0 Å². The largest absolute Gasteiger partial charge is 0.378 e. The highest BCUT2D eigenvalue weighted by Crippen LogP contribution is 2.35. The summed E-state index contributed by atoms with van der Waals surface area (Å²) in [5.41, 5.74) is 0.356. The van der Waals surface area contributed by atoms with Crippen molar-refractivity contribution in [1.29, 1.82) is 5.41 Å². The quantitative estimate of drug-likeness (QED) is 0.526. The van der Waals surface area contributed by atoms with E-state index < -0.39 is 5.41 Å². The second-order valence-electron chi connectivity index (χ2n) is 7.01. The number of anilines is 1. The summed E-state index contributed by atoms with van der Waals surface area (Å²) in [4.78, 5) is 32.3. The van der Waals surface area contributed by atoms with Gasteiger partial charge in [-0.1, -0.05) is 18.2 Å². The molecule has 28 heavy (non-hydrogen) atoms. The van der Waals surface area contributed by atoms with Crippen LogP contribution in [0.15, 0.2) is 42.2 Å². The molecular formula is C20H20FN5O2. The number of fused-ring (bicyclic) bond motifs is 1. The molecule has 3 N–H and O–H groups in total. The zero-order valence-electron chi connectivity index (χ0n) is 15.8. The van der Waals surface area contributed by atoms with Gasteiger partial charge in [-0.05, 0) is 26.0 Å². The zero-order chi connectivity index (χ0) is 20.5. The van der Waals surface area contributed by atoms with E-state index in [1.165, 1.54) is 25.3 Å². The molecule has 2 aromatic rings. The van der Waals surface area contributed by atoms with Crippen molar-refractivity contribution in [3.05, 3.63) is 65.0 Å². The maximum Gasteiger partial charge on any atom is 0.235 e. The number of amides is 1. The number of allylic oxidation sites excluding steroid dienone is 2. The van der Waals surface area contributed by atoms with E-state index in [1.54, 1.807) is 32.0 Å². The minimum atomic E-state index is -0.738. The van der Waals surface area contributed by atoms with Gasteiger partial charge >= 0.3 is 0 Å². The molecule has 8 heteroatoms. The molecule has 0 aliphatic carbocycles. The van der Waals surface area contributed by atoms with Gasteiger partial charge in [0.05, 0.1) is 11.1 Å². The Morgan fingerprint density at radius 2 is 2.07 bits per heavy atom. The molecule has 0 saturated heterocycles. The minimum absolute atomic E-state index is 0.0724. The summed E-state index contributed by atoms with van der Waals surface area (Å²) in [5.74, 6) is -0.443. The second kappa shape index (κ2) is 7.30. The van der Waals surface area contributed by atoms with Gasteiger partial charge in [-0.2, -0.15) is 0 Å². The van der Waals surface area contributed by atoms with Crippen LogP contribution in [0, 0.1) is 11.2 Å². The van der Waals surface area contributed by atoms with Crippen LogP contribution >= 0.6 is 0 Å². The highest BCUT2D eigenvalue weighted by Gasteiger charge is 2.40. The van der Waals surface area contributed by atoms with Crippen molar-refractivity contribution < 1.29 is 14.0 Å². The molecular weight excluding hydrogens is 361 g/mol. The molecule has 1 aliphatic rings. The number of Topliss-reactive ketones (excluding diaryl/α,β-unsaturated/α-hetero) is 1. The standard InChI is InChI=1S/C20H20FN5O2/c1-11(27)16(23-9-12-6-4-5-7-14(12)21)8-15(22)18-24-10-13-17(25-18)26-19(28)20(13,2)3/h4-8,10,22-23H,9H2,1-3H3,(H,24,25,26,28)/b16-8-,22-15?. The number of carbonyl (C=O) groups excluding carboxylic acids is 2. The van der Waals surface area contributed by atoms with Crippen molar-refractivity contribution in [1.82, 2.24) is 15.3 Å². The fraction of sp³-hybridized carbons (Fsp3) is 0.250. The third kappa shape index (κ3) is 3.66. The van der Waals surface area contributed by atoms with Crippen molar-refractivity contribution >= 4 is 23.2 Å². The number of ketones is 1. The summed E-state index contributed by atoms with van der Waals surface area (Å²) >= 11 is 0. The Hall–Kier alpha value is -3.42. The molecule has 0 atom stereocenters. The lowest BCUT2D eigenvalue weighted by molar-refractivity contribution is -0.119. The first-order valence-electron chi connectivity index (χ1n) is 8.68. The summed E-state index contributed by atoms with van der Waals surface area (Å²) in [6.45, 7) is 4.98. The van der Waals surface area contributed by atoms with Crippen LogP contribution in [0.25, 0.3) is 0 Å². The zero-order valence-corrected chi connectivity index (χ0v) is 15.8. The number of benzene rings is 1. The van der Waals surface area contributed by atoms with Gasteiger partial charge in [0.25, 0.3) is 0 Å². The highest BCUT2D eigenvalue weighted by molar-refractivity contribution is 6.10. The van der Waals surface area contributed by atoms with Gasteiger partial charge in [-0.15, -0.1) is 0 Å². The van der Waals surface area contributed by atoms with E-state index in [0.717, 1.165) is 0 Å². The number of halogens is 1. The van der Waals surface area contributed by atoms with Crippen LogP contribution in [0.1, 0.15) is 37.7 Å². The third-order valence-corrected chi connectivity index (χ3v) is 4.60. The Kier molecular flexibility index (Phi) is 5.04. The molecule has 7 nitrogen and oxygen atoms in total. The number of aromatic nitrogens is 2. The smallest absolute Gasteiger partial charge is 0.235 e. The SMILES string of the molecule is CC(=O)/C(=C/C(=N)c1ncc2c(n1)NC(=O)C2(C)C)NCc1ccccc1F. The molecule has 0 bridgehead atoms. The van der Waals surface area contributed by atoms with Crippen LogP contribution < -0.4 is 10.6 Å². The van der Waals surface area contributed by atoms with Gasteiger partial charge in [-0.3, -0.25) is 15.0 Å². The average Bonchev–Trinajstić information content (AvgIpc) is 2.87. The predicted octanol–water partition coefficient (Wildman–Crippen LogP) is 2.48. The van der Waals surface area contributed by atoms with Gasteiger partial charge in [0.1, 0.15) is 17.3 Å². The fourth-order valence-corrected chi connectivity index (χ4v) is 2.77.